The second-order valence-electron chi connectivity index (χ2n) is 6.56. The summed E-state index contributed by atoms with van der Waals surface area (Å²) in [6, 6.07) is 21.9. The SMILES string of the molecule is COc1ccc(CNC(=O)[C@H](C)[n+]2ccc(Cc3ccccc3)cc2)cc1. The molecule has 1 N–H and O–H groups in total. The zero-order chi connectivity index (χ0) is 19.1. The predicted octanol–water partition coefficient (Wildman–Crippen LogP) is 3.45. The summed E-state index contributed by atoms with van der Waals surface area (Å²) in [5.41, 5.74) is 3.54. The molecular weight excluding hydrogens is 336 g/mol. The first-order chi connectivity index (χ1) is 13.2. The first-order valence-electron chi connectivity index (χ1n) is 9.10. The van der Waals surface area contributed by atoms with Crippen molar-refractivity contribution in [3.8, 4) is 5.75 Å². The van der Waals surface area contributed by atoms with Crippen LogP contribution >= 0.6 is 0 Å². The van der Waals surface area contributed by atoms with Gasteiger partial charge in [-0.15, -0.1) is 0 Å². The minimum atomic E-state index is -0.269. The number of methoxy groups -OCH3 is 1. The van der Waals surface area contributed by atoms with Crippen LogP contribution in [-0.4, -0.2) is 13.0 Å². The van der Waals surface area contributed by atoms with Crippen LogP contribution < -0.4 is 14.6 Å². The molecule has 4 heteroatoms. The van der Waals surface area contributed by atoms with E-state index in [-0.39, 0.29) is 11.9 Å². The summed E-state index contributed by atoms with van der Waals surface area (Å²) < 4.78 is 7.08. The van der Waals surface area contributed by atoms with E-state index in [0.717, 1.165) is 17.7 Å². The smallest absolute Gasteiger partial charge is 0.289 e. The average molecular weight is 361 g/mol. The number of carbonyl (C=O) groups excluding carboxylic acids is 1. The van der Waals surface area contributed by atoms with Crippen LogP contribution in [0, 0.1) is 0 Å². The van der Waals surface area contributed by atoms with Crippen molar-refractivity contribution >= 4 is 5.91 Å². The van der Waals surface area contributed by atoms with Gasteiger partial charge in [0.15, 0.2) is 12.4 Å². The Morgan fingerprint density at radius 3 is 2.19 bits per heavy atom. The summed E-state index contributed by atoms with van der Waals surface area (Å²) in [7, 11) is 1.64. The van der Waals surface area contributed by atoms with Gasteiger partial charge in [0.05, 0.1) is 7.11 Å². The van der Waals surface area contributed by atoms with E-state index in [1.165, 1.54) is 11.1 Å². The van der Waals surface area contributed by atoms with Crippen molar-refractivity contribution in [2.45, 2.75) is 25.9 Å². The van der Waals surface area contributed by atoms with Crippen LogP contribution in [0.4, 0.5) is 0 Å². The molecular formula is C23H25N2O2+. The van der Waals surface area contributed by atoms with Gasteiger partial charge in [0.1, 0.15) is 5.75 Å². The Balaban J connectivity index is 1.55. The zero-order valence-electron chi connectivity index (χ0n) is 15.8. The van der Waals surface area contributed by atoms with Gasteiger partial charge in [0, 0.05) is 25.6 Å². The van der Waals surface area contributed by atoms with Crippen LogP contribution in [0.15, 0.2) is 79.1 Å². The molecule has 1 aromatic heterocycles. The lowest BCUT2D eigenvalue weighted by molar-refractivity contribution is -0.706. The van der Waals surface area contributed by atoms with Crippen molar-refractivity contribution < 1.29 is 14.1 Å². The lowest BCUT2D eigenvalue weighted by Crippen LogP contribution is -2.46. The van der Waals surface area contributed by atoms with E-state index in [2.05, 4.69) is 29.6 Å². The molecule has 0 aliphatic rings. The van der Waals surface area contributed by atoms with Gasteiger partial charge in [-0.25, -0.2) is 0 Å². The third-order valence-corrected chi connectivity index (χ3v) is 4.63. The molecule has 2 aromatic carbocycles. The van der Waals surface area contributed by atoms with Gasteiger partial charge in [-0.2, -0.15) is 4.57 Å². The molecule has 0 unspecified atom stereocenters. The molecule has 4 nitrogen and oxygen atoms in total. The summed E-state index contributed by atoms with van der Waals surface area (Å²) >= 11 is 0. The van der Waals surface area contributed by atoms with Gasteiger partial charge >= 0.3 is 0 Å². The minimum Gasteiger partial charge on any atom is -0.497 e. The monoisotopic (exact) mass is 361 g/mol. The van der Waals surface area contributed by atoms with Crippen molar-refractivity contribution in [1.82, 2.24) is 5.32 Å². The number of hydrogen-bond acceptors (Lipinski definition) is 2. The largest absolute Gasteiger partial charge is 0.497 e. The van der Waals surface area contributed by atoms with Crippen molar-refractivity contribution in [1.29, 1.82) is 0 Å². The molecule has 0 saturated heterocycles. The third-order valence-electron chi connectivity index (χ3n) is 4.63. The Bertz CT molecular complexity index is 859. The number of hydrogen-bond donors (Lipinski definition) is 1. The number of pyridine rings is 1. The van der Waals surface area contributed by atoms with E-state index in [0.29, 0.717) is 6.54 Å². The highest BCUT2D eigenvalue weighted by molar-refractivity contribution is 5.78. The summed E-state index contributed by atoms with van der Waals surface area (Å²) in [6.07, 6.45) is 4.82. The minimum absolute atomic E-state index is 0.00775. The van der Waals surface area contributed by atoms with E-state index in [4.69, 9.17) is 4.74 Å². The highest BCUT2D eigenvalue weighted by Crippen LogP contribution is 2.11. The molecule has 3 rings (SSSR count). The Labute approximate surface area is 160 Å². The van der Waals surface area contributed by atoms with Crippen molar-refractivity contribution in [3.05, 3.63) is 95.8 Å². The molecule has 27 heavy (non-hydrogen) atoms. The van der Waals surface area contributed by atoms with E-state index in [1.807, 2.05) is 66.3 Å². The second-order valence-corrected chi connectivity index (χ2v) is 6.56. The highest BCUT2D eigenvalue weighted by atomic mass is 16.5. The Hall–Kier alpha value is -3.14. The van der Waals surface area contributed by atoms with Crippen LogP contribution in [0.5, 0.6) is 5.75 Å². The quantitative estimate of drug-likeness (QED) is 0.655. The van der Waals surface area contributed by atoms with Crippen LogP contribution in [0.1, 0.15) is 29.7 Å². The lowest BCUT2D eigenvalue weighted by Gasteiger charge is -2.10. The molecule has 0 aliphatic heterocycles. The molecule has 138 valence electrons. The number of aromatic nitrogens is 1. The highest BCUT2D eigenvalue weighted by Gasteiger charge is 2.21. The Morgan fingerprint density at radius 1 is 0.926 bits per heavy atom. The van der Waals surface area contributed by atoms with Crippen molar-refractivity contribution in [3.63, 3.8) is 0 Å². The molecule has 3 aromatic rings. The number of nitrogens with one attached hydrogen (secondary N) is 1. The van der Waals surface area contributed by atoms with Gasteiger partial charge in [-0.3, -0.25) is 4.79 Å². The van der Waals surface area contributed by atoms with Gasteiger partial charge in [-0.05, 0) is 35.2 Å². The number of benzene rings is 2. The summed E-state index contributed by atoms with van der Waals surface area (Å²) in [4.78, 5) is 12.5. The van der Waals surface area contributed by atoms with Gasteiger partial charge < -0.3 is 10.1 Å². The topological polar surface area (TPSA) is 42.2 Å². The molecule has 0 radical (unpaired) electrons. The van der Waals surface area contributed by atoms with E-state index in [9.17, 15) is 4.79 Å². The first kappa shape index (κ1) is 18.6. The lowest BCUT2D eigenvalue weighted by atomic mass is 10.1. The third kappa shape index (κ3) is 5.17. The van der Waals surface area contributed by atoms with E-state index < -0.39 is 0 Å². The standard InChI is InChI=1S/C23H24N2O2/c1-18(23(26)24-17-21-8-10-22(27-2)11-9-21)25-14-12-20(13-15-25)16-19-6-4-3-5-7-19/h3-15,18H,16-17H2,1-2H3/p+1/t18-/m0/s1. The van der Waals surface area contributed by atoms with Crippen LogP contribution in [-0.2, 0) is 17.8 Å². The number of ether oxygens (including phenoxy) is 1. The van der Waals surface area contributed by atoms with Gasteiger partial charge in [-0.1, -0.05) is 42.5 Å². The van der Waals surface area contributed by atoms with Gasteiger partial charge in [0.25, 0.3) is 5.91 Å². The van der Waals surface area contributed by atoms with Crippen LogP contribution in [0.25, 0.3) is 0 Å². The molecule has 0 bridgehead atoms. The molecule has 1 atom stereocenters. The Kier molecular flexibility index (Phi) is 6.21. The Morgan fingerprint density at radius 2 is 1.56 bits per heavy atom. The average Bonchev–Trinajstić information content (AvgIpc) is 2.73. The van der Waals surface area contributed by atoms with Crippen LogP contribution in [0.3, 0.4) is 0 Å². The predicted molar refractivity (Wildman–Crippen MR) is 105 cm³/mol. The molecule has 0 spiro atoms. The summed E-state index contributed by atoms with van der Waals surface area (Å²) in [6.45, 7) is 2.40. The molecule has 0 aliphatic carbocycles. The summed E-state index contributed by atoms with van der Waals surface area (Å²) in [5.74, 6) is 0.802. The molecule has 1 heterocycles. The van der Waals surface area contributed by atoms with E-state index in [1.54, 1.807) is 7.11 Å². The first-order valence-corrected chi connectivity index (χ1v) is 9.10. The fraction of sp³-hybridized carbons (Fsp3) is 0.217. The van der Waals surface area contributed by atoms with Crippen molar-refractivity contribution in [2.75, 3.05) is 7.11 Å². The maximum absolute atomic E-state index is 12.5. The van der Waals surface area contributed by atoms with Gasteiger partial charge in [0.2, 0.25) is 6.04 Å². The number of rotatable bonds is 7. The number of carbonyl (C=O) groups is 1. The maximum Gasteiger partial charge on any atom is 0.289 e. The molecule has 1 amide bonds. The summed E-state index contributed by atoms with van der Waals surface area (Å²) in [5, 5.41) is 2.99. The number of amides is 1. The van der Waals surface area contributed by atoms with Crippen molar-refractivity contribution in [2.24, 2.45) is 0 Å². The van der Waals surface area contributed by atoms with E-state index >= 15 is 0 Å². The normalized spacial score (nSPS) is 11.6. The van der Waals surface area contributed by atoms with Crippen LogP contribution in [0.2, 0.25) is 0 Å². The maximum atomic E-state index is 12.5. The molecule has 0 saturated carbocycles. The second kappa shape index (κ2) is 8.99. The molecule has 0 fully saturated rings. The fourth-order valence-corrected chi connectivity index (χ4v) is 2.89. The zero-order valence-corrected chi connectivity index (χ0v) is 15.8. The fourth-order valence-electron chi connectivity index (χ4n) is 2.89. The number of nitrogens with zero attached hydrogens (tertiary/aromatic N) is 1.